The van der Waals surface area contributed by atoms with Crippen LogP contribution in [0, 0.1) is 11.3 Å². The fourth-order valence-corrected chi connectivity index (χ4v) is 2.54. The number of hydrogen-bond donors (Lipinski definition) is 0. The summed E-state index contributed by atoms with van der Waals surface area (Å²) in [5.41, 5.74) is 0.257. The minimum Gasteiger partial charge on any atom is -0.342 e. The van der Waals surface area contributed by atoms with Crippen molar-refractivity contribution in [1.29, 1.82) is 0 Å². The topological polar surface area (TPSA) is 20.3 Å². The van der Waals surface area contributed by atoms with Gasteiger partial charge in [0.15, 0.2) is 0 Å². The van der Waals surface area contributed by atoms with E-state index in [1.54, 1.807) is 0 Å². The van der Waals surface area contributed by atoms with E-state index in [1.165, 1.54) is 19.3 Å². The maximum atomic E-state index is 12.0. The van der Waals surface area contributed by atoms with Crippen LogP contribution in [0.2, 0.25) is 0 Å². The summed E-state index contributed by atoms with van der Waals surface area (Å²) in [6.45, 7) is 6.49. The lowest BCUT2D eigenvalue weighted by Crippen LogP contribution is -2.47. The number of nitrogens with zero attached hydrogens (tertiary/aromatic N) is 1. The van der Waals surface area contributed by atoms with Crippen molar-refractivity contribution in [3.8, 4) is 0 Å². The first-order valence-corrected chi connectivity index (χ1v) is 5.40. The molecular formula is C11H19NO. The van der Waals surface area contributed by atoms with Crippen LogP contribution in [0.4, 0.5) is 0 Å². The summed E-state index contributed by atoms with van der Waals surface area (Å²) in [4.78, 5) is 14.0. The van der Waals surface area contributed by atoms with Crippen molar-refractivity contribution < 1.29 is 4.79 Å². The fraction of sp³-hybridized carbons (Fsp3) is 0.909. The highest BCUT2D eigenvalue weighted by molar-refractivity contribution is 5.80. The van der Waals surface area contributed by atoms with Crippen LogP contribution in [-0.2, 0) is 4.79 Å². The van der Waals surface area contributed by atoms with Crippen LogP contribution in [0.25, 0.3) is 0 Å². The predicted octanol–water partition coefficient (Wildman–Crippen LogP) is 2.04. The highest BCUT2D eigenvalue weighted by Gasteiger charge is 2.41. The van der Waals surface area contributed by atoms with E-state index < -0.39 is 0 Å². The second kappa shape index (κ2) is 3.00. The van der Waals surface area contributed by atoms with Gasteiger partial charge >= 0.3 is 0 Å². The number of rotatable bonds is 1. The molecule has 1 aliphatic carbocycles. The molecule has 0 bridgehead atoms. The van der Waals surface area contributed by atoms with Gasteiger partial charge < -0.3 is 4.90 Å². The second-order valence-corrected chi connectivity index (χ2v) is 5.11. The van der Waals surface area contributed by atoms with Crippen LogP contribution in [0.1, 0.15) is 39.5 Å². The highest BCUT2D eigenvalue weighted by Crippen LogP contribution is 2.43. The van der Waals surface area contributed by atoms with Crippen LogP contribution < -0.4 is 0 Å². The Morgan fingerprint density at radius 2 is 2.00 bits per heavy atom. The summed E-state index contributed by atoms with van der Waals surface area (Å²) in [5.74, 6) is 0.738. The smallest absolute Gasteiger partial charge is 0.226 e. The molecule has 0 N–H and O–H groups in total. The van der Waals surface area contributed by atoms with Gasteiger partial charge in [0.05, 0.1) is 0 Å². The van der Waals surface area contributed by atoms with Crippen LogP contribution in [0.15, 0.2) is 0 Å². The van der Waals surface area contributed by atoms with Crippen molar-refractivity contribution in [2.45, 2.75) is 39.5 Å². The first-order valence-electron chi connectivity index (χ1n) is 5.40. The molecule has 1 amide bonds. The number of hydrogen-bond acceptors (Lipinski definition) is 1. The SMILES string of the molecule is CC1(C)CCCC1C(=O)N1CCC1. The molecule has 13 heavy (non-hydrogen) atoms. The van der Waals surface area contributed by atoms with Gasteiger partial charge in [-0.1, -0.05) is 20.3 Å². The second-order valence-electron chi connectivity index (χ2n) is 5.11. The predicted molar refractivity (Wildman–Crippen MR) is 52.3 cm³/mol. The quantitative estimate of drug-likeness (QED) is 0.606. The number of likely N-dealkylation sites (tertiary alicyclic amines) is 1. The number of amides is 1. The molecule has 0 spiro atoms. The van der Waals surface area contributed by atoms with E-state index in [-0.39, 0.29) is 5.41 Å². The molecule has 2 nitrogen and oxygen atoms in total. The molecule has 0 aromatic heterocycles. The van der Waals surface area contributed by atoms with Gasteiger partial charge in [-0.15, -0.1) is 0 Å². The average molecular weight is 181 g/mol. The maximum Gasteiger partial charge on any atom is 0.226 e. The Kier molecular flexibility index (Phi) is 2.09. The molecule has 2 aliphatic rings. The lowest BCUT2D eigenvalue weighted by atomic mass is 9.80. The Hall–Kier alpha value is -0.530. The van der Waals surface area contributed by atoms with Gasteiger partial charge in [-0.3, -0.25) is 4.79 Å². The van der Waals surface area contributed by atoms with Gasteiger partial charge in [-0.2, -0.15) is 0 Å². The van der Waals surface area contributed by atoms with E-state index >= 15 is 0 Å². The molecule has 1 atom stereocenters. The van der Waals surface area contributed by atoms with Gasteiger partial charge in [0.25, 0.3) is 0 Å². The zero-order valence-electron chi connectivity index (χ0n) is 8.68. The molecule has 0 aromatic rings. The Morgan fingerprint density at radius 1 is 1.31 bits per heavy atom. The Morgan fingerprint density at radius 3 is 2.38 bits per heavy atom. The van der Waals surface area contributed by atoms with Crippen molar-refractivity contribution in [1.82, 2.24) is 4.90 Å². The third kappa shape index (κ3) is 1.47. The Balaban J connectivity index is 2.02. The molecule has 1 saturated carbocycles. The van der Waals surface area contributed by atoms with Crippen LogP contribution >= 0.6 is 0 Å². The largest absolute Gasteiger partial charge is 0.342 e. The summed E-state index contributed by atoms with van der Waals surface area (Å²) in [6.07, 6.45) is 4.77. The summed E-state index contributed by atoms with van der Waals surface area (Å²) in [7, 11) is 0. The highest BCUT2D eigenvalue weighted by atomic mass is 16.2. The van der Waals surface area contributed by atoms with Gasteiger partial charge in [-0.05, 0) is 24.7 Å². The minimum absolute atomic E-state index is 0.257. The molecule has 1 saturated heterocycles. The van der Waals surface area contributed by atoms with E-state index in [1.807, 2.05) is 4.90 Å². The van der Waals surface area contributed by atoms with Crippen molar-refractivity contribution in [2.75, 3.05) is 13.1 Å². The minimum atomic E-state index is 0.257. The molecular weight excluding hydrogens is 162 g/mol. The van der Waals surface area contributed by atoms with Crippen molar-refractivity contribution in [2.24, 2.45) is 11.3 Å². The number of carbonyl (C=O) groups is 1. The molecule has 0 radical (unpaired) electrons. The summed E-state index contributed by atoms with van der Waals surface area (Å²) in [5, 5.41) is 0. The first kappa shape index (κ1) is 9.04. The summed E-state index contributed by atoms with van der Waals surface area (Å²) < 4.78 is 0. The van der Waals surface area contributed by atoms with Gasteiger partial charge in [-0.25, -0.2) is 0 Å². The lowest BCUT2D eigenvalue weighted by molar-refractivity contribution is -0.141. The van der Waals surface area contributed by atoms with E-state index in [9.17, 15) is 4.79 Å². The third-order valence-electron chi connectivity index (χ3n) is 3.72. The van der Waals surface area contributed by atoms with Crippen molar-refractivity contribution in [3.63, 3.8) is 0 Å². The Labute approximate surface area is 80.3 Å². The molecule has 1 aliphatic heterocycles. The lowest BCUT2D eigenvalue weighted by Gasteiger charge is -2.37. The van der Waals surface area contributed by atoms with Gasteiger partial charge in [0.2, 0.25) is 5.91 Å². The molecule has 2 fully saturated rings. The molecule has 74 valence electrons. The van der Waals surface area contributed by atoms with Gasteiger partial charge in [0, 0.05) is 19.0 Å². The standard InChI is InChI=1S/C11H19NO/c1-11(2)6-3-5-9(11)10(13)12-7-4-8-12/h9H,3-8H2,1-2H3. The van der Waals surface area contributed by atoms with Crippen LogP contribution in [0.3, 0.4) is 0 Å². The molecule has 2 rings (SSSR count). The third-order valence-corrected chi connectivity index (χ3v) is 3.72. The average Bonchev–Trinajstić information content (AvgIpc) is 2.25. The first-order chi connectivity index (χ1) is 6.11. The Bertz CT molecular complexity index is 218. The molecule has 1 unspecified atom stereocenters. The van der Waals surface area contributed by atoms with E-state index in [4.69, 9.17) is 0 Å². The van der Waals surface area contributed by atoms with E-state index in [0.717, 1.165) is 19.5 Å². The van der Waals surface area contributed by atoms with Crippen molar-refractivity contribution in [3.05, 3.63) is 0 Å². The zero-order valence-corrected chi connectivity index (χ0v) is 8.68. The van der Waals surface area contributed by atoms with E-state index in [2.05, 4.69) is 13.8 Å². The normalized spacial score (nSPS) is 31.5. The zero-order chi connectivity index (χ0) is 9.47. The van der Waals surface area contributed by atoms with Crippen molar-refractivity contribution >= 4 is 5.91 Å². The molecule has 1 heterocycles. The van der Waals surface area contributed by atoms with Crippen LogP contribution in [0.5, 0.6) is 0 Å². The summed E-state index contributed by atoms with van der Waals surface area (Å²) >= 11 is 0. The fourth-order valence-electron chi connectivity index (χ4n) is 2.54. The molecule has 0 aromatic carbocycles. The maximum absolute atomic E-state index is 12.0. The van der Waals surface area contributed by atoms with Crippen LogP contribution in [-0.4, -0.2) is 23.9 Å². The van der Waals surface area contributed by atoms with E-state index in [0.29, 0.717) is 11.8 Å². The summed E-state index contributed by atoms with van der Waals surface area (Å²) in [6, 6.07) is 0. The van der Waals surface area contributed by atoms with Gasteiger partial charge in [0.1, 0.15) is 0 Å². The number of carbonyl (C=O) groups excluding carboxylic acids is 1. The molecule has 2 heteroatoms. The monoisotopic (exact) mass is 181 g/mol.